The molecule has 8 heteroatoms. The molecule has 2 heterocycles. The van der Waals surface area contributed by atoms with E-state index in [-0.39, 0.29) is 18.7 Å². The van der Waals surface area contributed by atoms with Crippen LogP contribution >= 0.6 is 22.6 Å². The van der Waals surface area contributed by atoms with Gasteiger partial charge in [-0.3, -0.25) is 29.4 Å². The average Bonchev–Trinajstić information content (AvgIpc) is 2.81. The van der Waals surface area contributed by atoms with E-state index in [9.17, 15) is 19.2 Å². The van der Waals surface area contributed by atoms with Crippen LogP contribution < -0.4 is 10.6 Å². The fraction of sp³-hybridized carbons (Fsp3) is 0.375. The maximum absolute atomic E-state index is 12.8. The number of carbonyl (C=O) groups is 4. The second-order valence-electron chi connectivity index (χ2n) is 5.64. The summed E-state index contributed by atoms with van der Waals surface area (Å²) in [6.07, 6.45) is 1.21. The van der Waals surface area contributed by atoms with Crippen molar-refractivity contribution in [1.29, 1.82) is 0 Å². The molecule has 1 aromatic carbocycles. The molecule has 126 valence electrons. The Morgan fingerprint density at radius 1 is 1.21 bits per heavy atom. The van der Waals surface area contributed by atoms with Crippen LogP contribution in [0.15, 0.2) is 18.2 Å². The zero-order valence-electron chi connectivity index (χ0n) is 12.8. The number of fused-ring (bicyclic) bond motifs is 1. The van der Waals surface area contributed by atoms with Gasteiger partial charge in [0, 0.05) is 23.1 Å². The Morgan fingerprint density at radius 2 is 2.00 bits per heavy atom. The lowest BCUT2D eigenvalue weighted by Gasteiger charge is -2.27. The molecule has 0 saturated carbocycles. The number of alkyl halides is 1. The van der Waals surface area contributed by atoms with E-state index in [1.54, 1.807) is 18.2 Å². The van der Waals surface area contributed by atoms with Crippen LogP contribution in [-0.4, -0.2) is 45.5 Å². The third kappa shape index (κ3) is 2.90. The highest BCUT2D eigenvalue weighted by Crippen LogP contribution is 2.32. The van der Waals surface area contributed by atoms with Gasteiger partial charge in [0.05, 0.1) is 11.1 Å². The second kappa shape index (κ2) is 6.88. The first kappa shape index (κ1) is 16.9. The topological polar surface area (TPSA) is 95.6 Å². The summed E-state index contributed by atoms with van der Waals surface area (Å²) in [7, 11) is 0. The number of piperidine rings is 1. The molecule has 1 fully saturated rings. The van der Waals surface area contributed by atoms with Crippen LogP contribution in [0.5, 0.6) is 0 Å². The molecule has 0 aliphatic carbocycles. The number of rotatable bonds is 5. The number of carbonyl (C=O) groups excluding carboxylic acids is 4. The van der Waals surface area contributed by atoms with Crippen molar-refractivity contribution >= 4 is 51.9 Å². The van der Waals surface area contributed by atoms with Crippen molar-refractivity contribution in [3.8, 4) is 0 Å². The van der Waals surface area contributed by atoms with Crippen LogP contribution in [0, 0.1) is 0 Å². The van der Waals surface area contributed by atoms with Gasteiger partial charge in [-0.15, -0.1) is 0 Å². The Hall–Kier alpha value is -1.97. The summed E-state index contributed by atoms with van der Waals surface area (Å²) in [5, 5.41) is 5.37. The average molecular weight is 441 g/mol. The number of hydrogen-bond acceptors (Lipinski definition) is 5. The minimum atomic E-state index is -0.933. The molecule has 2 aliphatic heterocycles. The third-order valence-corrected chi connectivity index (χ3v) is 4.86. The second-order valence-corrected chi connectivity index (χ2v) is 6.72. The van der Waals surface area contributed by atoms with Crippen molar-refractivity contribution in [2.45, 2.75) is 25.3 Å². The van der Waals surface area contributed by atoms with Crippen molar-refractivity contribution in [3.63, 3.8) is 0 Å². The number of amides is 4. The van der Waals surface area contributed by atoms with E-state index in [0.717, 1.165) is 15.7 Å². The molecule has 2 N–H and O–H groups in total. The van der Waals surface area contributed by atoms with Crippen LogP contribution in [0.4, 0.5) is 5.69 Å². The van der Waals surface area contributed by atoms with Crippen molar-refractivity contribution < 1.29 is 19.2 Å². The van der Waals surface area contributed by atoms with E-state index in [1.807, 2.05) is 0 Å². The quantitative estimate of drug-likeness (QED) is 0.311. The number of nitrogens with zero attached hydrogens (tertiary/aromatic N) is 1. The Kier molecular flexibility index (Phi) is 4.83. The number of halogens is 1. The number of imide groups is 2. The first-order valence-corrected chi connectivity index (χ1v) is 9.21. The first-order valence-electron chi connectivity index (χ1n) is 7.69. The molecule has 2 aliphatic rings. The molecule has 0 bridgehead atoms. The summed E-state index contributed by atoms with van der Waals surface area (Å²) >= 11 is 2.27. The van der Waals surface area contributed by atoms with Gasteiger partial charge >= 0.3 is 0 Å². The lowest BCUT2D eigenvalue weighted by atomic mass is 10.0. The summed E-state index contributed by atoms with van der Waals surface area (Å²) in [5.41, 5.74) is 1.20. The lowest BCUT2D eigenvalue weighted by molar-refractivity contribution is -0.136. The fourth-order valence-corrected chi connectivity index (χ4v) is 3.33. The fourth-order valence-electron chi connectivity index (χ4n) is 2.95. The highest BCUT2D eigenvalue weighted by Gasteiger charge is 2.45. The predicted molar refractivity (Wildman–Crippen MR) is 95.1 cm³/mol. The molecule has 0 aromatic heterocycles. The molecule has 4 amide bonds. The van der Waals surface area contributed by atoms with E-state index >= 15 is 0 Å². The SMILES string of the molecule is O=C1CCC(N2C(=O)c3cccc(NCCCI)c3C2=O)C(=O)N1. The predicted octanol–water partition coefficient (Wildman–Crippen LogP) is 1.32. The Labute approximate surface area is 152 Å². The summed E-state index contributed by atoms with van der Waals surface area (Å²) in [5.74, 6) is -1.95. The van der Waals surface area contributed by atoms with E-state index in [0.29, 0.717) is 23.4 Å². The van der Waals surface area contributed by atoms with Gasteiger partial charge in [0.25, 0.3) is 11.8 Å². The molecule has 3 rings (SSSR count). The van der Waals surface area contributed by atoms with Crippen molar-refractivity contribution in [1.82, 2.24) is 10.2 Å². The Morgan fingerprint density at radius 3 is 2.71 bits per heavy atom. The molecular formula is C16H16IN3O4. The summed E-state index contributed by atoms with van der Waals surface area (Å²) in [6, 6.07) is 4.12. The zero-order chi connectivity index (χ0) is 17.3. The van der Waals surface area contributed by atoms with Gasteiger partial charge in [0.15, 0.2) is 0 Å². The van der Waals surface area contributed by atoms with Crippen molar-refractivity contribution in [3.05, 3.63) is 29.3 Å². The highest BCUT2D eigenvalue weighted by molar-refractivity contribution is 14.1. The molecule has 1 saturated heterocycles. The molecule has 1 unspecified atom stereocenters. The third-order valence-electron chi connectivity index (χ3n) is 4.09. The van der Waals surface area contributed by atoms with Gasteiger partial charge in [0.2, 0.25) is 11.8 Å². The maximum Gasteiger partial charge on any atom is 0.264 e. The zero-order valence-corrected chi connectivity index (χ0v) is 15.0. The lowest BCUT2D eigenvalue weighted by Crippen LogP contribution is -2.54. The van der Waals surface area contributed by atoms with E-state index < -0.39 is 23.8 Å². The number of benzene rings is 1. The summed E-state index contributed by atoms with van der Waals surface area (Å²) in [4.78, 5) is 49.7. The standard InChI is InChI=1S/C16H16IN3O4/c17-7-2-8-18-10-4-1-3-9-13(10)16(24)20(15(9)23)11-5-6-12(21)19-14(11)22/h1,3-4,11,18H,2,5-8H2,(H,19,21,22). The van der Waals surface area contributed by atoms with Gasteiger partial charge in [-0.1, -0.05) is 28.7 Å². The van der Waals surface area contributed by atoms with Gasteiger partial charge in [0.1, 0.15) is 6.04 Å². The molecule has 7 nitrogen and oxygen atoms in total. The van der Waals surface area contributed by atoms with Crippen LogP contribution in [0.25, 0.3) is 0 Å². The van der Waals surface area contributed by atoms with Gasteiger partial charge < -0.3 is 5.32 Å². The first-order chi connectivity index (χ1) is 11.5. The molecule has 1 aromatic rings. The van der Waals surface area contributed by atoms with E-state index in [1.165, 1.54) is 0 Å². The van der Waals surface area contributed by atoms with Gasteiger partial charge in [-0.2, -0.15) is 0 Å². The van der Waals surface area contributed by atoms with Crippen LogP contribution in [-0.2, 0) is 9.59 Å². The van der Waals surface area contributed by atoms with Crippen LogP contribution in [0.3, 0.4) is 0 Å². The normalized spacial score (nSPS) is 20.2. The van der Waals surface area contributed by atoms with Crippen molar-refractivity contribution in [2.75, 3.05) is 16.3 Å². The molecule has 1 atom stereocenters. The van der Waals surface area contributed by atoms with Crippen LogP contribution in [0.2, 0.25) is 0 Å². The Balaban J connectivity index is 1.89. The molecule has 0 radical (unpaired) electrons. The van der Waals surface area contributed by atoms with E-state index in [2.05, 4.69) is 33.2 Å². The molecular weight excluding hydrogens is 425 g/mol. The molecule has 24 heavy (non-hydrogen) atoms. The summed E-state index contributed by atoms with van der Waals surface area (Å²) in [6.45, 7) is 0.694. The Bertz CT molecular complexity index is 734. The van der Waals surface area contributed by atoms with Crippen LogP contribution in [0.1, 0.15) is 40.0 Å². The van der Waals surface area contributed by atoms with Gasteiger partial charge in [-0.25, -0.2) is 0 Å². The number of anilines is 1. The monoisotopic (exact) mass is 441 g/mol. The van der Waals surface area contributed by atoms with E-state index in [4.69, 9.17) is 0 Å². The maximum atomic E-state index is 12.8. The van der Waals surface area contributed by atoms with Gasteiger partial charge in [-0.05, 0) is 25.0 Å². The smallest absolute Gasteiger partial charge is 0.264 e. The summed E-state index contributed by atoms with van der Waals surface area (Å²) < 4.78 is 0.981. The minimum absolute atomic E-state index is 0.116. The minimum Gasteiger partial charge on any atom is -0.384 e. The number of hydrogen-bond donors (Lipinski definition) is 2. The molecule has 0 spiro atoms. The highest BCUT2D eigenvalue weighted by atomic mass is 127. The largest absolute Gasteiger partial charge is 0.384 e. The number of nitrogens with one attached hydrogen (secondary N) is 2. The van der Waals surface area contributed by atoms with Crippen molar-refractivity contribution in [2.24, 2.45) is 0 Å².